The van der Waals surface area contributed by atoms with E-state index in [0.717, 1.165) is 14.2 Å². The average Bonchev–Trinajstić information content (AvgIpc) is 2.99. The summed E-state index contributed by atoms with van der Waals surface area (Å²) in [7, 11) is 5.20. The number of carbonyl (C=O) groups is 3. The number of rotatable bonds is 6. The molecule has 0 unspecified atom stereocenters. The van der Waals surface area contributed by atoms with Gasteiger partial charge in [0.2, 0.25) is 5.54 Å². The van der Waals surface area contributed by atoms with Crippen molar-refractivity contribution >= 4 is 18.0 Å². The van der Waals surface area contributed by atoms with Crippen LogP contribution in [0.1, 0.15) is 15.9 Å². The van der Waals surface area contributed by atoms with Crippen molar-refractivity contribution in [1.82, 2.24) is 10.2 Å². The van der Waals surface area contributed by atoms with Crippen LogP contribution >= 0.6 is 0 Å². The minimum Gasteiger partial charge on any atom is -0.493 e. The summed E-state index contributed by atoms with van der Waals surface area (Å²) < 4.78 is 19.7. The average molecular weight is 376 g/mol. The van der Waals surface area contributed by atoms with Gasteiger partial charge in [0.1, 0.15) is 0 Å². The van der Waals surface area contributed by atoms with Gasteiger partial charge in [-0.15, -0.1) is 6.42 Å². The molecule has 1 aliphatic heterocycles. The number of nitrogens with zero attached hydrogens (tertiary/aromatic N) is 1. The summed E-state index contributed by atoms with van der Waals surface area (Å²) in [5.41, 5.74) is -0.832. The number of amides is 2. The summed E-state index contributed by atoms with van der Waals surface area (Å²) in [5.74, 6) is 1.82. The first-order valence-electron chi connectivity index (χ1n) is 7.82. The summed E-state index contributed by atoms with van der Waals surface area (Å²) in [6.07, 6.45) is 4.58. The van der Waals surface area contributed by atoms with Crippen LogP contribution in [0, 0.1) is 12.3 Å². The van der Waals surface area contributed by atoms with E-state index in [4.69, 9.17) is 20.6 Å². The van der Waals surface area contributed by atoms with Crippen molar-refractivity contribution in [2.45, 2.75) is 12.1 Å². The van der Waals surface area contributed by atoms with E-state index >= 15 is 0 Å². The lowest BCUT2D eigenvalue weighted by Gasteiger charge is -2.30. The van der Waals surface area contributed by atoms with Gasteiger partial charge in [-0.05, 0) is 17.7 Å². The molecule has 1 N–H and O–H groups in total. The predicted molar refractivity (Wildman–Crippen MR) is 93.4 cm³/mol. The lowest BCUT2D eigenvalue weighted by atomic mass is 10.00. The predicted octanol–water partition coefficient (Wildman–Crippen LogP) is 0.561. The van der Waals surface area contributed by atoms with E-state index < -0.39 is 17.6 Å². The van der Waals surface area contributed by atoms with Crippen molar-refractivity contribution in [2.24, 2.45) is 0 Å². The second-order valence-corrected chi connectivity index (χ2v) is 5.68. The minimum atomic E-state index is -1.90. The summed E-state index contributed by atoms with van der Waals surface area (Å²) in [6, 6.07) is 3.23. The van der Waals surface area contributed by atoms with E-state index in [1.807, 2.05) is 0 Å². The van der Waals surface area contributed by atoms with Gasteiger partial charge in [0.15, 0.2) is 11.5 Å². The molecule has 1 aliphatic rings. The zero-order chi connectivity index (χ0) is 20.2. The molecule has 0 bridgehead atoms. The van der Waals surface area contributed by atoms with E-state index in [0.29, 0.717) is 22.6 Å². The molecule has 2 rings (SSSR count). The molecule has 1 heterocycles. The third kappa shape index (κ3) is 3.60. The highest BCUT2D eigenvalue weighted by Gasteiger charge is 2.44. The smallest absolute Gasteiger partial charge is 0.408 e. The van der Waals surface area contributed by atoms with E-state index in [1.54, 1.807) is 12.1 Å². The lowest BCUT2D eigenvalue weighted by molar-refractivity contribution is -0.146. The van der Waals surface area contributed by atoms with Crippen molar-refractivity contribution in [3.05, 3.63) is 23.3 Å². The number of hydrogen-bond donors (Lipinski definition) is 1. The second kappa shape index (κ2) is 7.86. The quantitative estimate of drug-likeness (QED) is 0.571. The number of fused-ring (bicyclic) bond motifs is 1. The van der Waals surface area contributed by atoms with Crippen LogP contribution in [0.4, 0.5) is 4.79 Å². The monoisotopic (exact) mass is 376 g/mol. The van der Waals surface area contributed by atoms with E-state index in [9.17, 15) is 14.4 Å². The number of ether oxygens (including phenoxy) is 4. The molecule has 0 aromatic heterocycles. The Labute approximate surface area is 156 Å². The number of hydrogen-bond acceptors (Lipinski definition) is 7. The molecule has 0 saturated heterocycles. The number of benzene rings is 1. The molecular weight excluding hydrogens is 356 g/mol. The molecule has 0 radical (unpaired) electrons. The zero-order valence-corrected chi connectivity index (χ0v) is 15.5. The first kappa shape index (κ1) is 19.9. The Kier molecular flexibility index (Phi) is 5.80. The molecule has 2 amide bonds. The van der Waals surface area contributed by atoms with Crippen LogP contribution in [0.15, 0.2) is 12.1 Å². The molecule has 27 heavy (non-hydrogen) atoms. The van der Waals surface area contributed by atoms with Crippen molar-refractivity contribution in [2.75, 3.05) is 35.0 Å². The summed E-state index contributed by atoms with van der Waals surface area (Å²) >= 11 is 0. The Morgan fingerprint density at radius 1 is 1.19 bits per heavy atom. The lowest BCUT2D eigenvalue weighted by Crippen LogP contribution is -2.60. The molecule has 0 spiro atoms. The van der Waals surface area contributed by atoms with Gasteiger partial charge < -0.3 is 23.8 Å². The molecule has 0 saturated carbocycles. The van der Waals surface area contributed by atoms with Gasteiger partial charge >= 0.3 is 12.1 Å². The van der Waals surface area contributed by atoms with Crippen molar-refractivity contribution in [3.63, 3.8) is 0 Å². The first-order chi connectivity index (χ1) is 12.8. The summed E-state index contributed by atoms with van der Waals surface area (Å²) in [5, 5.41) is 2.28. The third-order valence-electron chi connectivity index (χ3n) is 4.20. The molecule has 1 aromatic carbocycles. The fourth-order valence-corrected chi connectivity index (χ4v) is 2.81. The van der Waals surface area contributed by atoms with Gasteiger partial charge in [0, 0.05) is 12.1 Å². The molecular formula is C18H20N2O7. The second-order valence-electron chi connectivity index (χ2n) is 5.68. The van der Waals surface area contributed by atoms with Gasteiger partial charge in [-0.25, -0.2) is 9.59 Å². The highest BCUT2D eigenvalue weighted by Crippen LogP contribution is 2.35. The van der Waals surface area contributed by atoms with Gasteiger partial charge in [-0.3, -0.25) is 10.1 Å². The number of alkyl carbamates (subject to hydrolysis) is 1. The molecule has 0 fully saturated rings. The molecule has 9 nitrogen and oxygen atoms in total. The maximum absolute atomic E-state index is 12.8. The first-order valence-corrected chi connectivity index (χ1v) is 7.82. The summed E-state index contributed by atoms with van der Waals surface area (Å²) in [4.78, 5) is 38.1. The number of carbonyl (C=O) groups excluding carboxylic acids is 3. The highest BCUT2D eigenvalue weighted by atomic mass is 16.5. The van der Waals surface area contributed by atoms with Crippen LogP contribution in [0.2, 0.25) is 0 Å². The fourth-order valence-electron chi connectivity index (χ4n) is 2.81. The Hall–Kier alpha value is -3.41. The molecule has 9 heteroatoms. The van der Waals surface area contributed by atoms with Gasteiger partial charge in [0.25, 0.3) is 5.91 Å². The van der Waals surface area contributed by atoms with E-state index in [-0.39, 0.29) is 19.0 Å². The maximum atomic E-state index is 12.8. The Morgan fingerprint density at radius 2 is 1.81 bits per heavy atom. The topological polar surface area (TPSA) is 103 Å². The van der Waals surface area contributed by atoms with Crippen LogP contribution in [-0.4, -0.2) is 63.4 Å². The number of nitrogens with one attached hydrogen (secondary N) is 1. The van der Waals surface area contributed by atoms with Gasteiger partial charge in [-0.2, -0.15) is 0 Å². The van der Waals surface area contributed by atoms with E-state index in [1.165, 1.54) is 19.1 Å². The van der Waals surface area contributed by atoms with Crippen molar-refractivity contribution in [3.8, 4) is 23.8 Å². The Morgan fingerprint density at radius 3 is 2.33 bits per heavy atom. The standard InChI is InChI=1S/C18H20N2O7/c1-6-18(16(22)26-4,19-17(23)27-5)10-20-9-11-7-13(24-2)14(25-3)8-12(11)15(20)21/h1,7-8H,9-10H2,2-5H3,(H,19,23)/t18-/m1/s1. The van der Waals surface area contributed by atoms with Gasteiger partial charge in [-0.1, -0.05) is 5.92 Å². The highest BCUT2D eigenvalue weighted by molar-refractivity contribution is 6.00. The minimum absolute atomic E-state index is 0.164. The number of methoxy groups -OCH3 is 4. The molecule has 1 atom stereocenters. The molecule has 1 aromatic rings. The zero-order valence-electron chi connectivity index (χ0n) is 15.5. The molecule has 144 valence electrons. The van der Waals surface area contributed by atoms with Crippen LogP contribution in [-0.2, 0) is 20.8 Å². The van der Waals surface area contributed by atoms with Crippen molar-refractivity contribution in [1.29, 1.82) is 0 Å². The number of esters is 1. The van der Waals surface area contributed by atoms with E-state index in [2.05, 4.69) is 16.0 Å². The normalized spacial score (nSPS) is 14.5. The van der Waals surface area contributed by atoms with Crippen LogP contribution in [0.3, 0.4) is 0 Å². The largest absolute Gasteiger partial charge is 0.493 e. The SMILES string of the molecule is C#C[C@](CN1Cc2cc(OC)c(OC)cc2C1=O)(NC(=O)OC)C(=O)OC. The van der Waals surface area contributed by atoms with Crippen LogP contribution in [0.25, 0.3) is 0 Å². The van der Waals surface area contributed by atoms with Crippen LogP contribution in [0.5, 0.6) is 11.5 Å². The Balaban J connectivity index is 2.37. The van der Waals surface area contributed by atoms with Gasteiger partial charge in [0.05, 0.1) is 35.0 Å². The number of terminal acetylenes is 1. The van der Waals surface area contributed by atoms with Crippen LogP contribution < -0.4 is 14.8 Å². The molecule has 0 aliphatic carbocycles. The maximum Gasteiger partial charge on any atom is 0.408 e. The third-order valence-corrected chi connectivity index (χ3v) is 4.20. The van der Waals surface area contributed by atoms with Crippen molar-refractivity contribution < 1.29 is 33.3 Å². The fraction of sp³-hybridized carbons (Fsp3) is 0.389. The summed E-state index contributed by atoms with van der Waals surface area (Å²) in [6.45, 7) is -0.138. The Bertz CT molecular complexity index is 815.